The second-order valence-electron chi connectivity index (χ2n) is 7.03. The molecular weight excluding hydrogens is 371 g/mol. The molecule has 1 amide bonds. The van der Waals surface area contributed by atoms with E-state index in [0.717, 1.165) is 17.7 Å². The lowest BCUT2D eigenvalue weighted by Crippen LogP contribution is -2.47. The fourth-order valence-corrected chi connectivity index (χ4v) is 3.31. The lowest BCUT2D eigenvalue weighted by Gasteiger charge is -2.25. The normalized spacial score (nSPS) is 18.2. The molecule has 138 valence electrons. The summed E-state index contributed by atoms with van der Waals surface area (Å²) in [5.74, 6) is 0.636. The molecule has 1 N–H and O–H groups in total. The average Bonchev–Trinajstić information content (AvgIpc) is 3.24. The predicted octanol–water partition coefficient (Wildman–Crippen LogP) is 4.26. The van der Waals surface area contributed by atoms with Crippen molar-refractivity contribution in [2.24, 2.45) is 0 Å². The van der Waals surface area contributed by atoms with Gasteiger partial charge in [-0.3, -0.25) is 9.78 Å². The van der Waals surface area contributed by atoms with Crippen LogP contribution >= 0.6 is 23.2 Å². The zero-order valence-corrected chi connectivity index (χ0v) is 16.3. The van der Waals surface area contributed by atoms with E-state index in [1.165, 1.54) is 0 Å². The minimum absolute atomic E-state index is 0.166. The first kappa shape index (κ1) is 19.0. The predicted molar refractivity (Wildman–Crippen MR) is 104 cm³/mol. The van der Waals surface area contributed by atoms with Crippen molar-refractivity contribution in [3.05, 3.63) is 59.9 Å². The molecule has 2 aromatic rings. The standard InChI is InChI=1S/C20H22Cl2N2O2/c1-19(2,18(25)24-12-10-15-5-3-4-11-23-15)26-16-8-6-14(7-9-16)17-13-20(17,21)22/h3-9,11,17H,10,12-13H2,1-2H3,(H,24,25)/t17-/m1/s1. The second-order valence-corrected chi connectivity index (χ2v) is 8.57. The largest absolute Gasteiger partial charge is 0.478 e. The van der Waals surface area contributed by atoms with Crippen molar-refractivity contribution in [3.8, 4) is 5.75 Å². The number of alkyl halides is 2. The van der Waals surface area contributed by atoms with Gasteiger partial charge < -0.3 is 10.1 Å². The molecule has 0 unspecified atom stereocenters. The second kappa shape index (κ2) is 7.45. The minimum atomic E-state index is -0.978. The van der Waals surface area contributed by atoms with E-state index in [1.54, 1.807) is 20.0 Å². The van der Waals surface area contributed by atoms with Gasteiger partial charge in [0.25, 0.3) is 5.91 Å². The Bertz CT molecular complexity index is 761. The summed E-state index contributed by atoms with van der Waals surface area (Å²) >= 11 is 12.2. The summed E-state index contributed by atoms with van der Waals surface area (Å²) in [7, 11) is 0. The maximum atomic E-state index is 12.4. The molecule has 0 bridgehead atoms. The Balaban J connectivity index is 1.51. The van der Waals surface area contributed by atoms with Gasteiger partial charge in [-0.1, -0.05) is 18.2 Å². The van der Waals surface area contributed by atoms with E-state index >= 15 is 0 Å². The molecule has 4 nitrogen and oxygen atoms in total. The summed E-state index contributed by atoms with van der Waals surface area (Å²) in [6.45, 7) is 4.01. The van der Waals surface area contributed by atoms with Crippen molar-refractivity contribution < 1.29 is 9.53 Å². The monoisotopic (exact) mass is 392 g/mol. The van der Waals surface area contributed by atoms with Crippen LogP contribution < -0.4 is 10.1 Å². The van der Waals surface area contributed by atoms with Gasteiger partial charge in [0.1, 0.15) is 10.1 Å². The first-order valence-electron chi connectivity index (χ1n) is 8.63. The fraction of sp³-hybridized carbons (Fsp3) is 0.400. The van der Waals surface area contributed by atoms with Gasteiger partial charge in [0, 0.05) is 30.8 Å². The lowest BCUT2D eigenvalue weighted by atomic mass is 10.1. The highest BCUT2D eigenvalue weighted by Crippen LogP contribution is 2.59. The van der Waals surface area contributed by atoms with Gasteiger partial charge in [0.2, 0.25) is 0 Å². The molecule has 0 spiro atoms. The number of halogens is 2. The number of hydrogen-bond acceptors (Lipinski definition) is 3. The van der Waals surface area contributed by atoms with Crippen molar-refractivity contribution in [3.63, 3.8) is 0 Å². The van der Waals surface area contributed by atoms with Crippen LogP contribution in [0.5, 0.6) is 5.75 Å². The van der Waals surface area contributed by atoms with E-state index in [4.69, 9.17) is 27.9 Å². The van der Waals surface area contributed by atoms with Gasteiger partial charge in [-0.15, -0.1) is 23.2 Å². The number of nitrogens with one attached hydrogen (secondary N) is 1. The van der Waals surface area contributed by atoms with Crippen molar-refractivity contribution in [2.45, 2.75) is 42.5 Å². The van der Waals surface area contributed by atoms with Crippen molar-refractivity contribution in [1.82, 2.24) is 10.3 Å². The zero-order chi connectivity index (χ0) is 18.8. The SMILES string of the molecule is CC(C)(Oc1ccc([C@H]2CC2(Cl)Cl)cc1)C(=O)NCCc1ccccn1. The van der Waals surface area contributed by atoms with Gasteiger partial charge >= 0.3 is 0 Å². The molecule has 3 rings (SSSR count). The van der Waals surface area contributed by atoms with Crippen LogP contribution in [0.15, 0.2) is 48.7 Å². The summed E-state index contributed by atoms with van der Waals surface area (Å²) in [6.07, 6.45) is 3.19. The van der Waals surface area contributed by atoms with Crippen LogP contribution in [0.25, 0.3) is 0 Å². The molecule has 6 heteroatoms. The quantitative estimate of drug-likeness (QED) is 0.716. The molecule has 1 aromatic heterocycles. The summed E-state index contributed by atoms with van der Waals surface area (Å²) in [5, 5.41) is 2.90. The molecule has 1 saturated carbocycles. The van der Waals surface area contributed by atoms with E-state index in [9.17, 15) is 4.79 Å². The van der Waals surface area contributed by atoms with Crippen LogP contribution in [0.1, 0.15) is 37.4 Å². The Labute approximate surface area is 163 Å². The van der Waals surface area contributed by atoms with Crippen molar-refractivity contribution in [1.29, 1.82) is 0 Å². The van der Waals surface area contributed by atoms with E-state index in [0.29, 0.717) is 18.7 Å². The number of aromatic nitrogens is 1. The molecule has 1 aliphatic carbocycles. The van der Waals surface area contributed by atoms with Crippen LogP contribution in [-0.4, -0.2) is 27.4 Å². The minimum Gasteiger partial charge on any atom is -0.478 e. The number of pyridine rings is 1. The van der Waals surface area contributed by atoms with Crippen LogP contribution in [0.4, 0.5) is 0 Å². The van der Waals surface area contributed by atoms with E-state index in [-0.39, 0.29) is 11.8 Å². The smallest absolute Gasteiger partial charge is 0.263 e. The third-order valence-electron chi connectivity index (χ3n) is 4.42. The van der Waals surface area contributed by atoms with Gasteiger partial charge in [-0.05, 0) is 50.1 Å². The highest BCUT2D eigenvalue weighted by atomic mass is 35.5. The Kier molecular flexibility index (Phi) is 5.44. The number of amides is 1. The number of carbonyl (C=O) groups is 1. The Morgan fingerprint density at radius 1 is 1.27 bits per heavy atom. The van der Waals surface area contributed by atoms with Gasteiger partial charge in [0.15, 0.2) is 5.60 Å². The summed E-state index contributed by atoms with van der Waals surface area (Å²) < 4.78 is 5.24. The molecule has 0 aliphatic heterocycles. The third-order valence-corrected chi connectivity index (χ3v) is 5.26. The lowest BCUT2D eigenvalue weighted by molar-refractivity contribution is -0.134. The van der Waals surface area contributed by atoms with Crippen molar-refractivity contribution >= 4 is 29.1 Å². The maximum absolute atomic E-state index is 12.4. The van der Waals surface area contributed by atoms with Gasteiger partial charge in [-0.2, -0.15) is 0 Å². The number of nitrogens with zero attached hydrogens (tertiary/aromatic N) is 1. The van der Waals surface area contributed by atoms with Crippen LogP contribution in [0.3, 0.4) is 0 Å². The molecule has 26 heavy (non-hydrogen) atoms. The fourth-order valence-electron chi connectivity index (χ4n) is 2.75. The van der Waals surface area contributed by atoms with Gasteiger partial charge in [-0.25, -0.2) is 0 Å². The van der Waals surface area contributed by atoms with Crippen LogP contribution in [0.2, 0.25) is 0 Å². The molecule has 1 atom stereocenters. The van der Waals surface area contributed by atoms with E-state index in [2.05, 4.69) is 10.3 Å². The highest BCUT2D eigenvalue weighted by Gasteiger charge is 2.52. The van der Waals surface area contributed by atoms with Gasteiger partial charge in [0.05, 0.1) is 0 Å². The molecule has 1 aliphatic rings. The maximum Gasteiger partial charge on any atom is 0.263 e. The Morgan fingerprint density at radius 2 is 1.96 bits per heavy atom. The zero-order valence-electron chi connectivity index (χ0n) is 14.8. The van der Waals surface area contributed by atoms with E-state index < -0.39 is 9.93 Å². The molecule has 0 radical (unpaired) electrons. The summed E-state index contributed by atoms with van der Waals surface area (Å²) in [6, 6.07) is 13.3. The topological polar surface area (TPSA) is 51.2 Å². The first-order chi connectivity index (χ1) is 12.3. The van der Waals surface area contributed by atoms with Crippen molar-refractivity contribution in [2.75, 3.05) is 6.54 Å². The number of benzene rings is 1. The number of hydrogen-bond donors (Lipinski definition) is 1. The van der Waals surface area contributed by atoms with Crippen LogP contribution in [0, 0.1) is 0 Å². The molecule has 1 aromatic carbocycles. The van der Waals surface area contributed by atoms with E-state index in [1.807, 2.05) is 42.5 Å². The highest BCUT2D eigenvalue weighted by molar-refractivity contribution is 6.51. The molecule has 0 saturated heterocycles. The third kappa shape index (κ3) is 4.68. The molecule has 1 heterocycles. The molecular formula is C20H22Cl2N2O2. The number of carbonyl (C=O) groups excluding carboxylic acids is 1. The number of rotatable bonds is 7. The first-order valence-corrected chi connectivity index (χ1v) is 9.38. The Hall–Kier alpha value is -1.78. The number of ether oxygens (including phenoxy) is 1. The summed E-state index contributed by atoms with van der Waals surface area (Å²) in [5.41, 5.74) is 1.05. The Morgan fingerprint density at radius 3 is 2.54 bits per heavy atom. The summed E-state index contributed by atoms with van der Waals surface area (Å²) in [4.78, 5) is 16.7. The molecule has 1 fully saturated rings. The average molecular weight is 393 g/mol. The van der Waals surface area contributed by atoms with Crippen LogP contribution in [-0.2, 0) is 11.2 Å².